The number of aromatic carboxylic acids is 1. The lowest BCUT2D eigenvalue weighted by molar-refractivity contribution is 0.0696. The lowest BCUT2D eigenvalue weighted by atomic mass is 10.0. The molecule has 1 atom stereocenters. The summed E-state index contributed by atoms with van der Waals surface area (Å²) < 4.78 is 0. The van der Waals surface area contributed by atoms with Gasteiger partial charge in [-0.1, -0.05) is 12.1 Å². The Hall–Kier alpha value is -1.35. The van der Waals surface area contributed by atoms with Crippen LogP contribution in [0.25, 0.3) is 0 Å². The van der Waals surface area contributed by atoms with Gasteiger partial charge in [-0.2, -0.15) is 0 Å². The van der Waals surface area contributed by atoms with Crippen LogP contribution in [0.15, 0.2) is 24.3 Å². The smallest absolute Gasteiger partial charge is 0.335 e. The van der Waals surface area contributed by atoms with E-state index in [1.54, 1.807) is 18.2 Å². The molecule has 1 rings (SSSR count). The maximum Gasteiger partial charge on any atom is 0.335 e. The van der Waals surface area contributed by atoms with Gasteiger partial charge in [-0.15, -0.1) is 0 Å². The molecule has 1 unspecified atom stereocenters. The van der Waals surface area contributed by atoms with Crippen molar-refractivity contribution in [2.75, 3.05) is 14.1 Å². The van der Waals surface area contributed by atoms with Crippen LogP contribution in [0.3, 0.4) is 0 Å². The fraction of sp³-hybridized carbons (Fsp3) is 0.417. The SMILES string of the molecule is CC(Cc1cccc(C(=O)O)c1)N(C)C. The minimum Gasteiger partial charge on any atom is -0.478 e. The molecule has 0 spiro atoms. The number of carboxylic acid groups (broad SMARTS) is 1. The van der Waals surface area contributed by atoms with Crippen molar-refractivity contribution in [1.29, 1.82) is 0 Å². The maximum absolute atomic E-state index is 10.8. The Kier molecular flexibility index (Phi) is 3.86. The topological polar surface area (TPSA) is 40.5 Å². The molecule has 1 N–H and O–H groups in total. The standard InChI is InChI=1S/C12H17NO2/c1-9(13(2)3)7-10-5-4-6-11(8-10)12(14)15/h4-6,8-9H,7H2,1-3H3,(H,14,15). The average molecular weight is 207 g/mol. The van der Waals surface area contributed by atoms with E-state index in [-0.39, 0.29) is 0 Å². The minimum absolute atomic E-state index is 0.360. The Morgan fingerprint density at radius 2 is 2.13 bits per heavy atom. The first-order valence-electron chi connectivity index (χ1n) is 4.99. The third kappa shape index (κ3) is 3.36. The summed E-state index contributed by atoms with van der Waals surface area (Å²) in [7, 11) is 4.04. The van der Waals surface area contributed by atoms with E-state index < -0.39 is 5.97 Å². The second-order valence-corrected chi connectivity index (χ2v) is 4.02. The normalized spacial score (nSPS) is 12.8. The summed E-state index contributed by atoms with van der Waals surface area (Å²) in [6, 6.07) is 7.52. The van der Waals surface area contributed by atoms with Crippen LogP contribution in [-0.4, -0.2) is 36.1 Å². The lowest BCUT2D eigenvalue weighted by Gasteiger charge is -2.19. The van der Waals surface area contributed by atoms with Crippen LogP contribution in [0.2, 0.25) is 0 Å². The molecule has 0 saturated carbocycles. The quantitative estimate of drug-likeness (QED) is 0.819. The second kappa shape index (κ2) is 4.94. The van der Waals surface area contributed by atoms with Crippen LogP contribution in [0, 0.1) is 0 Å². The zero-order valence-electron chi connectivity index (χ0n) is 9.40. The van der Waals surface area contributed by atoms with Crippen molar-refractivity contribution in [3.05, 3.63) is 35.4 Å². The predicted octanol–water partition coefficient (Wildman–Crippen LogP) is 1.88. The van der Waals surface area contributed by atoms with Crippen molar-refractivity contribution in [3.63, 3.8) is 0 Å². The second-order valence-electron chi connectivity index (χ2n) is 4.02. The Labute approximate surface area is 90.3 Å². The van der Waals surface area contributed by atoms with Gasteiger partial charge >= 0.3 is 5.97 Å². The van der Waals surface area contributed by atoms with E-state index in [0.717, 1.165) is 12.0 Å². The summed E-state index contributed by atoms with van der Waals surface area (Å²) in [6.45, 7) is 2.12. The van der Waals surface area contributed by atoms with Gasteiger partial charge in [-0.25, -0.2) is 4.79 Å². The van der Waals surface area contributed by atoms with Gasteiger partial charge in [0.1, 0.15) is 0 Å². The van der Waals surface area contributed by atoms with Crippen LogP contribution in [-0.2, 0) is 6.42 Å². The number of benzene rings is 1. The zero-order chi connectivity index (χ0) is 11.4. The van der Waals surface area contributed by atoms with Crippen molar-refractivity contribution in [2.24, 2.45) is 0 Å². The molecule has 3 heteroatoms. The third-order valence-corrected chi connectivity index (χ3v) is 2.59. The van der Waals surface area contributed by atoms with E-state index in [2.05, 4.69) is 11.8 Å². The van der Waals surface area contributed by atoms with Crippen molar-refractivity contribution in [3.8, 4) is 0 Å². The first kappa shape index (κ1) is 11.7. The van der Waals surface area contributed by atoms with Crippen molar-refractivity contribution in [1.82, 2.24) is 4.90 Å². The van der Waals surface area contributed by atoms with E-state index in [0.29, 0.717) is 11.6 Å². The third-order valence-electron chi connectivity index (χ3n) is 2.59. The van der Waals surface area contributed by atoms with E-state index in [1.165, 1.54) is 0 Å². The molecule has 0 aliphatic carbocycles. The molecule has 0 aromatic heterocycles. The molecule has 0 aliphatic heterocycles. The van der Waals surface area contributed by atoms with Gasteiger partial charge in [-0.3, -0.25) is 0 Å². The summed E-state index contributed by atoms with van der Waals surface area (Å²) in [5.74, 6) is -0.866. The number of hydrogen-bond donors (Lipinski definition) is 1. The van der Waals surface area contributed by atoms with Gasteiger partial charge < -0.3 is 10.0 Å². The number of hydrogen-bond acceptors (Lipinski definition) is 2. The highest BCUT2D eigenvalue weighted by molar-refractivity contribution is 5.87. The molecule has 0 aliphatic rings. The van der Waals surface area contributed by atoms with Gasteiger partial charge in [0.2, 0.25) is 0 Å². The van der Waals surface area contributed by atoms with Gasteiger partial charge in [0, 0.05) is 6.04 Å². The molecule has 82 valence electrons. The van der Waals surface area contributed by atoms with Gasteiger partial charge in [-0.05, 0) is 45.1 Å². The van der Waals surface area contributed by atoms with Crippen LogP contribution < -0.4 is 0 Å². The van der Waals surface area contributed by atoms with E-state index in [1.807, 2.05) is 20.2 Å². The molecule has 3 nitrogen and oxygen atoms in total. The number of likely N-dealkylation sites (N-methyl/N-ethyl adjacent to an activating group) is 1. The van der Waals surface area contributed by atoms with E-state index in [9.17, 15) is 4.79 Å². The number of rotatable bonds is 4. The number of carboxylic acids is 1. The van der Waals surface area contributed by atoms with Crippen molar-refractivity contribution >= 4 is 5.97 Å². The number of nitrogens with zero attached hydrogens (tertiary/aromatic N) is 1. The Bertz CT molecular complexity index is 347. The molecule has 0 radical (unpaired) electrons. The Morgan fingerprint density at radius 3 is 2.67 bits per heavy atom. The largest absolute Gasteiger partial charge is 0.478 e. The summed E-state index contributed by atoms with van der Waals surface area (Å²) in [4.78, 5) is 12.9. The summed E-state index contributed by atoms with van der Waals surface area (Å²) >= 11 is 0. The van der Waals surface area contributed by atoms with E-state index in [4.69, 9.17) is 5.11 Å². The van der Waals surface area contributed by atoms with Gasteiger partial charge in [0.25, 0.3) is 0 Å². The lowest BCUT2D eigenvalue weighted by Crippen LogP contribution is -2.26. The molecule has 0 amide bonds. The molecule has 15 heavy (non-hydrogen) atoms. The molecule has 1 aromatic rings. The minimum atomic E-state index is -0.866. The highest BCUT2D eigenvalue weighted by Gasteiger charge is 2.08. The monoisotopic (exact) mass is 207 g/mol. The fourth-order valence-corrected chi connectivity index (χ4v) is 1.36. The van der Waals surface area contributed by atoms with Crippen LogP contribution in [0.5, 0.6) is 0 Å². The number of carbonyl (C=O) groups is 1. The average Bonchev–Trinajstić information content (AvgIpc) is 2.18. The van der Waals surface area contributed by atoms with Gasteiger partial charge in [0.05, 0.1) is 5.56 Å². The zero-order valence-corrected chi connectivity index (χ0v) is 9.40. The Morgan fingerprint density at radius 1 is 1.47 bits per heavy atom. The first-order valence-corrected chi connectivity index (χ1v) is 4.99. The van der Waals surface area contributed by atoms with Crippen LogP contribution in [0.1, 0.15) is 22.8 Å². The van der Waals surface area contributed by atoms with Gasteiger partial charge in [0.15, 0.2) is 0 Å². The molecule has 0 bridgehead atoms. The van der Waals surface area contributed by atoms with E-state index >= 15 is 0 Å². The Balaban J connectivity index is 2.78. The highest BCUT2D eigenvalue weighted by atomic mass is 16.4. The van der Waals surface area contributed by atoms with Crippen LogP contribution >= 0.6 is 0 Å². The molecule has 0 fully saturated rings. The fourth-order valence-electron chi connectivity index (χ4n) is 1.36. The summed E-state index contributed by atoms with van der Waals surface area (Å²) in [5.41, 5.74) is 1.43. The molecule has 1 aromatic carbocycles. The summed E-state index contributed by atoms with van der Waals surface area (Å²) in [5, 5.41) is 8.84. The molecular formula is C12H17NO2. The van der Waals surface area contributed by atoms with Crippen LogP contribution in [0.4, 0.5) is 0 Å². The predicted molar refractivity (Wildman–Crippen MR) is 60.3 cm³/mol. The molecular weight excluding hydrogens is 190 g/mol. The molecule has 0 heterocycles. The first-order chi connectivity index (χ1) is 7.00. The summed E-state index contributed by atoms with van der Waals surface area (Å²) in [6.07, 6.45) is 0.869. The highest BCUT2D eigenvalue weighted by Crippen LogP contribution is 2.09. The van der Waals surface area contributed by atoms with Crippen molar-refractivity contribution in [2.45, 2.75) is 19.4 Å². The maximum atomic E-state index is 10.8. The molecule has 0 saturated heterocycles. The van der Waals surface area contributed by atoms with Crippen molar-refractivity contribution < 1.29 is 9.90 Å².